The van der Waals surface area contributed by atoms with E-state index in [1.807, 2.05) is 6.07 Å². The van der Waals surface area contributed by atoms with Crippen molar-refractivity contribution in [1.29, 1.82) is 0 Å². The number of rotatable bonds is 11. The molecule has 0 amide bonds. The molecule has 0 radical (unpaired) electrons. The maximum absolute atomic E-state index is 11.9. The number of hydrogen-bond acceptors (Lipinski definition) is 2. The number of carbonyl (C=O) groups is 1. The predicted molar refractivity (Wildman–Crippen MR) is 97.0 cm³/mol. The van der Waals surface area contributed by atoms with Crippen molar-refractivity contribution >= 4 is 33.5 Å². The molecule has 4 heteroatoms. The second-order valence-electron chi connectivity index (χ2n) is 5.55. The highest BCUT2D eigenvalue weighted by Gasteiger charge is 2.09. The number of esters is 1. The van der Waals surface area contributed by atoms with Crippen molar-refractivity contribution in [3.8, 4) is 0 Å². The fraction of sp³-hybridized carbons (Fsp3) is 0.611. The molecule has 2 nitrogen and oxygen atoms in total. The van der Waals surface area contributed by atoms with Gasteiger partial charge in [-0.15, -0.1) is 0 Å². The predicted octanol–water partition coefficient (Wildman–Crippen LogP) is 6.53. The first-order chi connectivity index (χ1) is 10.7. The van der Waals surface area contributed by atoms with Crippen molar-refractivity contribution in [2.45, 2.75) is 63.6 Å². The lowest BCUT2D eigenvalue weighted by Gasteiger charge is -2.07. The van der Waals surface area contributed by atoms with Crippen LogP contribution in [0, 0.1) is 0 Å². The Morgan fingerprint density at radius 2 is 1.73 bits per heavy atom. The first-order valence-corrected chi connectivity index (χ1v) is 9.70. The molecule has 1 rings (SSSR count). The van der Waals surface area contributed by atoms with Gasteiger partial charge in [0.15, 0.2) is 0 Å². The van der Waals surface area contributed by atoms with Crippen LogP contribution in [0.5, 0.6) is 0 Å². The third-order valence-corrected chi connectivity index (χ3v) is 4.62. The quantitative estimate of drug-likeness (QED) is 0.244. The highest BCUT2D eigenvalue weighted by Crippen LogP contribution is 2.20. The summed E-state index contributed by atoms with van der Waals surface area (Å²) in [4.78, 5) is 11.9. The van der Waals surface area contributed by atoms with E-state index in [0.29, 0.717) is 22.5 Å². The number of benzene rings is 1. The summed E-state index contributed by atoms with van der Waals surface area (Å²) in [5.74, 6) is -0.286. The molecule has 1 aromatic rings. The molecule has 1 aromatic carbocycles. The van der Waals surface area contributed by atoms with Gasteiger partial charge < -0.3 is 4.74 Å². The van der Waals surface area contributed by atoms with Crippen molar-refractivity contribution in [2.75, 3.05) is 6.61 Å². The average molecular weight is 390 g/mol. The summed E-state index contributed by atoms with van der Waals surface area (Å²) in [6.07, 6.45) is 9.88. The summed E-state index contributed by atoms with van der Waals surface area (Å²) >= 11 is 9.45. The monoisotopic (exact) mass is 388 g/mol. The lowest BCUT2D eigenvalue weighted by atomic mass is 10.1. The Balaban J connectivity index is 2.14. The Kier molecular flexibility index (Phi) is 10.6. The van der Waals surface area contributed by atoms with Crippen molar-refractivity contribution in [3.63, 3.8) is 0 Å². The fourth-order valence-electron chi connectivity index (χ4n) is 2.27. The highest BCUT2D eigenvalue weighted by atomic mass is 79.9. The lowest BCUT2D eigenvalue weighted by Crippen LogP contribution is -2.06. The van der Waals surface area contributed by atoms with Crippen LogP contribution in [0.4, 0.5) is 0 Å². The zero-order valence-electron chi connectivity index (χ0n) is 13.4. The van der Waals surface area contributed by atoms with Crippen LogP contribution >= 0.6 is 27.5 Å². The van der Waals surface area contributed by atoms with Crippen LogP contribution in [0.25, 0.3) is 0 Å². The molecular formula is C18H26BrClO2. The Hall–Kier alpha value is -0.540. The average Bonchev–Trinajstić information content (AvgIpc) is 2.53. The summed E-state index contributed by atoms with van der Waals surface area (Å²) in [6, 6.07) is 5.29. The lowest BCUT2D eigenvalue weighted by molar-refractivity contribution is 0.0497. The Morgan fingerprint density at radius 3 is 2.32 bits per heavy atom. The molecule has 0 saturated heterocycles. The van der Waals surface area contributed by atoms with Gasteiger partial charge in [0.1, 0.15) is 0 Å². The maximum Gasteiger partial charge on any atom is 0.338 e. The molecule has 0 aromatic heterocycles. The molecule has 0 atom stereocenters. The van der Waals surface area contributed by atoms with Gasteiger partial charge in [-0.3, -0.25) is 0 Å². The van der Waals surface area contributed by atoms with Crippen LogP contribution in [-0.4, -0.2) is 12.6 Å². The topological polar surface area (TPSA) is 26.3 Å². The molecule has 0 aliphatic carbocycles. The van der Waals surface area contributed by atoms with E-state index in [2.05, 4.69) is 22.9 Å². The van der Waals surface area contributed by atoms with E-state index in [-0.39, 0.29) is 5.97 Å². The Morgan fingerprint density at radius 1 is 1.09 bits per heavy atom. The number of alkyl halides is 1. The second-order valence-corrected chi connectivity index (χ2v) is 6.52. The number of hydrogen-bond donors (Lipinski definition) is 0. The maximum atomic E-state index is 11.9. The van der Waals surface area contributed by atoms with Crippen molar-refractivity contribution in [3.05, 3.63) is 34.3 Å². The van der Waals surface area contributed by atoms with Crippen LogP contribution in [0.15, 0.2) is 18.2 Å². The SMILES string of the molecule is CCCCCCCCCCOC(=O)c1ccc(CBr)c(Cl)c1. The van der Waals surface area contributed by atoms with Crippen LogP contribution in [0.1, 0.15) is 74.2 Å². The molecule has 0 aliphatic heterocycles. The van der Waals surface area contributed by atoms with Crippen molar-refractivity contribution in [1.82, 2.24) is 0 Å². The first kappa shape index (κ1) is 19.5. The van der Waals surface area contributed by atoms with Crippen molar-refractivity contribution < 1.29 is 9.53 Å². The summed E-state index contributed by atoms with van der Waals surface area (Å²) < 4.78 is 5.29. The van der Waals surface area contributed by atoms with E-state index in [1.165, 1.54) is 38.5 Å². The minimum absolute atomic E-state index is 0.286. The Labute approximate surface area is 147 Å². The van der Waals surface area contributed by atoms with E-state index in [1.54, 1.807) is 12.1 Å². The zero-order chi connectivity index (χ0) is 16.2. The summed E-state index contributed by atoms with van der Waals surface area (Å²) in [7, 11) is 0. The molecule has 0 aliphatic rings. The Bertz CT molecular complexity index is 449. The van der Waals surface area contributed by atoms with Gasteiger partial charge in [-0.05, 0) is 24.1 Å². The number of unbranched alkanes of at least 4 members (excludes halogenated alkanes) is 7. The number of carbonyl (C=O) groups excluding carboxylic acids is 1. The van der Waals surface area contributed by atoms with E-state index in [4.69, 9.17) is 16.3 Å². The second kappa shape index (κ2) is 12.0. The van der Waals surface area contributed by atoms with Gasteiger partial charge in [-0.2, -0.15) is 0 Å². The minimum atomic E-state index is -0.286. The standard InChI is InChI=1S/C18H26BrClO2/c1-2-3-4-5-6-7-8-9-12-22-18(21)15-10-11-16(14-19)17(20)13-15/h10-11,13H,2-9,12,14H2,1H3. The van der Waals surface area contributed by atoms with E-state index in [0.717, 1.165) is 18.4 Å². The van der Waals surface area contributed by atoms with Crippen LogP contribution in [0.2, 0.25) is 5.02 Å². The zero-order valence-corrected chi connectivity index (χ0v) is 15.7. The van der Waals surface area contributed by atoms with Crippen molar-refractivity contribution in [2.24, 2.45) is 0 Å². The molecule has 124 valence electrons. The smallest absolute Gasteiger partial charge is 0.338 e. The molecule has 0 saturated carbocycles. The van der Waals surface area contributed by atoms with Gasteiger partial charge in [-0.25, -0.2) is 4.79 Å². The van der Waals surface area contributed by atoms with Gasteiger partial charge in [0.2, 0.25) is 0 Å². The van der Waals surface area contributed by atoms with Gasteiger partial charge >= 0.3 is 5.97 Å². The molecule has 0 bridgehead atoms. The number of ether oxygens (including phenoxy) is 1. The van der Waals surface area contributed by atoms with E-state index < -0.39 is 0 Å². The largest absolute Gasteiger partial charge is 0.462 e. The third-order valence-electron chi connectivity index (χ3n) is 3.66. The molecule has 0 fully saturated rings. The summed E-state index contributed by atoms with van der Waals surface area (Å²) in [5, 5.41) is 1.28. The van der Waals surface area contributed by atoms with Gasteiger partial charge in [0.05, 0.1) is 12.2 Å². The molecule has 0 heterocycles. The highest BCUT2D eigenvalue weighted by molar-refractivity contribution is 9.08. The van der Waals surface area contributed by atoms with Gasteiger partial charge in [0.25, 0.3) is 0 Å². The molecule has 0 spiro atoms. The fourth-order valence-corrected chi connectivity index (χ4v) is 3.16. The molecule has 0 unspecified atom stereocenters. The molecule has 0 N–H and O–H groups in total. The van der Waals surface area contributed by atoms with Crippen LogP contribution < -0.4 is 0 Å². The number of halogens is 2. The summed E-state index contributed by atoms with van der Waals surface area (Å²) in [6.45, 7) is 2.72. The first-order valence-electron chi connectivity index (χ1n) is 8.20. The normalized spacial score (nSPS) is 10.7. The molecular weight excluding hydrogens is 364 g/mol. The van der Waals surface area contributed by atoms with Crippen LogP contribution in [-0.2, 0) is 10.1 Å². The van der Waals surface area contributed by atoms with Crippen LogP contribution in [0.3, 0.4) is 0 Å². The van der Waals surface area contributed by atoms with Gasteiger partial charge in [-0.1, -0.05) is 85.5 Å². The third kappa shape index (κ3) is 7.64. The van der Waals surface area contributed by atoms with E-state index in [9.17, 15) is 4.79 Å². The molecule has 22 heavy (non-hydrogen) atoms. The van der Waals surface area contributed by atoms with Gasteiger partial charge in [0, 0.05) is 10.4 Å². The minimum Gasteiger partial charge on any atom is -0.462 e. The summed E-state index contributed by atoms with van der Waals surface area (Å²) in [5.41, 5.74) is 1.50. The van der Waals surface area contributed by atoms with E-state index >= 15 is 0 Å².